The lowest BCUT2D eigenvalue weighted by Gasteiger charge is -2.11. The van der Waals surface area contributed by atoms with Gasteiger partial charge >= 0.3 is 0 Å². The molecule has 108 valence electrons. The van der Waals surface area contributed by atoms with Gasteiger partial charge in [0.05, 0.1) is 13.2 Å². The molecule has 0 aliphatic carbocycles. The first-order valence-electron chi connectivity index (χ1n) is 7.29. The predicted molar refractivity (Wildman–Crippen MR) is 80.0 cm³/mol. The van der Waals surface area contributed by atoms with Crippen LogP contribution in [0.4, 0.5) is 0 Å². The highest BCUT2D eigenvalue weighted by molar-refractivity contribution is 5.39. The molecule has 1 aromatic rings. The van der Waals surface area contributed by atoms with Crippen molar-refractivity contribution in [2.24, 2.45) is 5.92 Å². The summed E-state index contributed by atoms with van der Waals surface area (Å²) < 4.78 is 11.3. The third-order valence-corrected chi connectivity index (χ3v) is 2.71. The standard InChI is InChI=1S/C16H27NO2/c1-4-18-15-9-5-6-10-16(15)19-12-8-7-11-17-13-14(2)3/h5-6,9-10,14,17H,4,7-8,11-13H2,1-3H3. The molecule has 0 aliphatic rings. The van der Waals surface area contributed by atoms with Crippen molar-refractivity contribution in [2.45, 2.75) is 33.6 Å². The van der Waals surface area contributed by atoms with E-state index in [1.54, 1.807) is 0 Å². The van der Waals surface area contributed by atoms with Crippen LogP contribution in [0, 0.1) is 5.92 Å². The van der Waals surface area contributed by atoms with Gasteiger partial charge in [-0.2, -0.15) is 0 Å². The smallest absolute Gasteiger partial charge is 0.161 e. The molecular formula is C16H27NO2. The van der Waals surface area contributed by atoms with Gasteiger partial charge in [-0.05, 0) is 50.9 Å². The topological polar surface area (TPSA) is 30.5 Å². The van der Waals surface area contributed by atoms with Gasteiger partial charge in [0.1, 0.15) is 0 Å². The minimum absolute atomic E-state index is 0.666. The minimum atomic E-state index is 0.666. The molecule has 3 nitrogen and oxygen atoms in total. The van der Waals surface area contributed by atoms with E-state index in [0.29, 0.717) is 12.5 Å². The second-order valence-electron chi connectivity index (χ2n) is 5.03. The average Bonchev–Trinajstić information content (AvgIpc) is 2.39. The number of ether oxygens (including phenoxy) is 2. The largest absolute Gasteiger partial charge is 0.490 e. The van der Waals surface area contributed by atoms with Crippen LogP contribution in [0.25, 0.3) is 0 Å². The maximum atomic E-state index is 5.76. The zero-order valence-corrected chi connectivity index (χ0v) is 12.4. The highest BCUT2D eigenvalue weighted by Crippen LogP contribution is 2.26. The summed E-state index contributed by atoms with van der Waals surface area (Å²) in [6.07, 6.45) is 2.20. The molecule has 0 atom stereocenters. The Morgan fingerprint density at radius 3 is 2.37 bits per heavy atom. The Morgan fingerprint density at radius 2 is 1.74 bits per heavy atom. The van der Waals surface area contributed by atoms with Crippen LogP contribution in [0.3, 0.4) is 0 Å². The predicted octanol–water partition coefficient (Wildman–Crippen LogP) is 3.49. The molecule has 0 saturated heterocycles. The summed E-state index contributed by atoms with van der Waals surface area (Å²) in [6, 6.07) is 7.85. The summed E-state index contributed by atoms with van der Waals surface area (Å²) in [6.45, 7) is 9.99. The molecular weight excluding hydrogens is 238 g/mol. The molecule has 0 amide bonds. The van der Waals surface area contributed by atoms with Crippen molar-refractivity contribution < 1.29 is 9.47 Å². The first kappa shape index (κ1) is 15.8. The summed E-state index contributed by atoms with van der Waals surface area (Å²) in [4.78, 5) is 0. The summed E-state index contributed by atoms with van der Waals surface area (Å²) >= 11 is 0. The average molecular weight is 265 g/mol. The molecule has 0 unspecified atom stereocenters. The summed E-state index contributed by atoms with van der Waals surface area (Å²) in [5.74, 6) is 2.40. The van der Waals surface area contributed by atoms with Crippen LogP contribution < -0.4 is 14.8 Å². The van der Waals surface area contributed by atoms with Crippen LogP contribution in [0.5, 0.6) is 11.5 Å². The van der Waals surface area contributed by atoms with Crippen LogP contribution in [-0.2, 0) is 0 Å². The molecule has 0 aliphatic heterocycles. The molecule has 1 aromatic carbocycles. The van der Waals surface area contributed by atoms with E-state index in [1.165, 1.54) is 0 Å². The Morgan fingerprint density at radius 1 is 1.05 bits per heavy atom. The number of nitrogens with one attached hydrogen (secondary N) is 1. The molecule has 1 rings (SSSR count). The Bertz CT molecular complexity index is 339. The SMILES string of the molecule is CCOc1ccccc1OCCCCNCC(C)C. The van der Waals surface area contributed by atoms with Gasteiger partial charge in [-0.3, -0.25) is 0 Å². The minimum Gasteiger partial charge on any atom is -0.490 e. The van der Waals surface area contributed by atoms with Gasteiger partial charge in [0.2, 0.25) is 0 Å². The molecule has 0 spiro atoms. The zero-order valence-electron chi connectivity index (χ0n) is 12.4. The maximum Gasteiger partial charge on any atom is 0.161 e. The molecule has 0 saturated carbocycles. The summed E-state index contributed by atoms with van der Waals surface area (Å²) in [5, 5.41) is 3.43. The van der Waals surface area contributed by atoms with Gasteiger partial charge in [0.25, 0.3) is 0 Å². The molecule has 19 heavy (non-hydrogen) atoms. The fourth-order valence-electron chi connectivity index (χ4n) is 1.77. The van der Waals surface area contributed by atoms with Gasteiger partial charge in [0, 0.05) is 0 Å². The van der Waals surface area contributed by atoms with Crippen LogP contribution in [-0.4, -0.2) is 26.3 Å². The molecule has 1 N–H and O–H groups in total. The molecule has 0 aromatic heterocycles. The fourth-order valence-corrected chi connectivity index (χ4v) is 1.77. The van der Waals surface area contributed by atoms with Gasteiger partial charge in [-0.15, -0.1) is 0 Å². The Balaban J connectivity index is 2.15. The van der Waals surface area contributed by atoms with Crippen LogP contribution >= 0.6 is 0 Å². The van der Waals surface area contributed by atoms with Crippen molar-refractivity contribution in [3.8, 4) is 11.5 Å². The van der Waals surface area contributed by atoms with E-state index in [9.17, 15) is 0 Å². The maximum absolute atomic E-state index is 5.76. The fraction of sp³-hybridized carbons (Fsp3) is 0.625. The quantitative estimate of drug-likeness (QED) is 0.657. The number of para-hydroxylation sites is 2. The van der Waals surface area contributed by atoms with Crippen molar-refractivity contribution in [2.75, 3.05) is 26.3 Å². The number of hydrogen-bond donors (Lipinski definition) is 1. The Labute approximate surface area is 117 Å². The molecule has 3 heteroatoms. The molecule has 0 heterocycles. The van der Waals surface area contributed by atoms with Crippen molar-refractivity contribution in [1.29, 1.82) is 0 Å². The first-order valence-corrected chi connectivity index (χ1v) is 7.29. The molecule has 0 fully saturated rings. The number of benzene rings is 1. The summed E-state index contributed by atoms with van der Waals surface area (Å²) in [5.41, 5.74) is 0. The molecule has 0 bridgehead atoms. The number of rotatable bonds is 10. The van der Waals surface area contributed by atoms with Crippen LogP contribution in [0.15, 0.2) is 24.3 Å². The van der Waals surface area contributed by atoms with Gasteiger partial charge in [0.15, 0.2) is 11.5 Å². The van der Waals surface area contributed by atoms with Gasteiger partial charge in [-0.1, -0.05) is 26.0 Å². The second kappa shape index (κ2) is 9.68. The zero-order chi connectivity index (χ0) is 13.9. The highest BCUT2D eigenvalue weighted by Gasteiger charge is 2.02. The van der Waals surface area contributed by atoms with E-state index in [4.69, 9.17) is 9.47 Å². The van der Waals surface area contributed by atoms with Crippen molar-refractivity contribution in [3.63, 3.8) is 0 Å². The van der Waals surface area contributed by atoms with E-state index in [0.717, 1.165) is 44.0 Å². The molecule has 0 radical (unpaired) electrons. The lowest BCUT2D eigenvalue weighted by atomic mass is 10.2. The second-order valence-corrected chi connectivity index (χ2v) is 5.03. The lowest BCUT2D eigenvalue weighted by molar-refractivity contribution is 0.271. The lowest BCUT2D eigenvalue weighted by Crippen LogP contribution is -2.21. The van der Waals surface area contributed by atoms with E-state index >= 15 is 0 Å². The Kier molecular flexibility index (Phi) is 8.07. The van der Waals surface area contributed by atoms with Crippen LogP contribution in [0.1, 0.15) is 33.6 Å². The van der Waals surface area contributed by atoms with Crippen LogP contribution in [0.2, 0.25) is 0 Å². The van der Waals surface area contributed by atoms with Crippen molar-refractivity contribution in [3.05, 3.63) is 24.3 Å². The van der Waals surface area contributed by atoms with E-state index in [-0.39, 0.29) is 0 Å². The normalized spacial score (nSPS) is 10.7. The van der Waals surface area contributed by atoms with Gasteiger partial charge < -0.3 is 14.8 Å². The Hall–Kier alpha value is -1.22. The third kappa shape index (κ3) is 7.06. The van der Waals surface area contributed by atoms with Gasteiger partial charge in [-0.25, -0.2) is 0 Å². The monoisotopic (exact) mass is 265 g/mol. The van der Waals surface area contributed by atoms with E-state index in [1.807, 2.05) is 31.2 Å². The van der Waals surface area contributed by atoms with E-state index < -0.39 is 0 Å². The third-order valence-electron chi connectivity index (χ3n) is 2.71. The van der Waals surface area contributed by atoms with E-state index in [2.05, 4.69) is 19.2 Å². The number of hydrogen-bond acceptors (Lipinski definition) is 3. The first-order chi connectivity index (χ1) is 9.24. The highest BCUT2D eigenvalue weighted by atomic mass is 16.5. The summed E-state index contributed by atoms with van der Waals surface area (Å²) in [7, 11) is 0. The van der Waals surface area contributed by atoms with Crippen molar-refractivity contribution >= 4 is 0 Å². The van der Waals surface area contributed by atoms with Crippen molar-refractivity contribution in [1.82, 2.24) is 5.32 Å². The number of unbranched alkanes of at least 4 members (excludes halogenated alkanes) is 1.